The van der Waals surface area contributed by atoms with Crippen LogP contribution in [0.1, 0.15) is 27.2 Å². The van der Waals surface area contributed by atoms with E-state index in [0.717, 1.165) is 12.2 Å². The van der Waals surface area contributed by atoms with Gasteiger partial charge in [-0.05, 0) is 25.5 Å². The summed E-state index contributed by atoms with van der Waals surface area (Å²) in [5, 5.41) is 3.14. The average Bonchev–Trinajstić information content (AvgIpc) is 2.61. The predicted octanol–water partition coefficient (Wildman–Crippen LogP) is 3.02. The quantitative estimate of drug-likeness (QED) is 0.923. The second-order valence-corrected chi connectivity index (χ2v) is 9.50. The first-order chi connectivity index (χ1) is 9.87. The van der Waals surface area contributed by atoms with Crippen molar-refractivity contribution in [1.82, 2.24) is 4.31 Å². The van der Waals surface area contributed by atoms with Gasteiger partial charge in [-0.15, -0.1) is 0 Å². The summed E-state index contributed by atoms with van der Waals surface area (Å²) in [6.07, 6.45) is 0.875. The van der Waals surface area contributed by atoms with Crippen molar-refractivity contribution in [2.45, 2.75) is 36.8 Å². The van der Waals surface area contributed by atoms with Crippen molar-refractivity contribution in [3.05, 3.63) is 24.3 Å². The second kappa shape index (κ2) is 6.58. The summed E-state index contributed by atoms with van der Waals surface area (Å²) in [6, 6.07) is 7.16. The summed E-state index contributed by atoms with van der Waals surface area (Å²) in [7, 11) is -3.43. The summed E-state index contributed by atoms with van der Waals surface area (Å²) in [5.41, 5.74) is 0.691. The molecule has 0 aromatic heterocycles. The van der Waals surface area contributed by atoms with Gasteiger partial charge >= 0.3 is 0 Å². The highest BCUT2D eigenvalue weighted by Crippen LogP contribution is 2.33. The van der Waals surface area contributed by atoms with Crippen LogP contribution in [0.2, 0.25) is 0 Å². The van der Waals surface area contributed by atoms with Crippen LogP contribution >= 0.6 is 11.8 Å². The maximum atomic E-state index is 12.9. The van der Waals surface area contributed by atoms with E-state index >= 15 is 0 Å². The van der Waals surface area contributed by atoms with E-state index in [9.17, 15) is 8.42 Å². The second-order valence-electron chi connectivity index (χ2n) is 5.79. The fourth-order valence-corrected chi connectivity index (χ4v) is 5.23. The molecule has 1 aliphatic heterocycles. The van der Waals surface area contributed by atoms with Crippen LogP contribution in [0.4, 0.5) is 5.69 Å². The van der Waals surface area contributed by atoms with Crippen LogP contribution in [0.3, 0.4) is 0 Å². The smallest absolute Gasteiger partial charge is 0.245 e. The standard InChI is InChI=1S/C15H24N2O2S2/c1-4-16-13-7-5-6-8-14(13)21(18,19)17-10-9-15(2,3)20-12-11-17/h5-8,16H,4,9-12H2,1-3H3. The number of anilines is 1. The molecule has 1 aromatic carbocycles. The van der Waals surface area contributed by atoms with E-state index in [1.807, 2.05) is 30.8 Å². The molecule has 0 aliphatic carbocycles. The summed E-state index contributed by atoms with van der Waals surface area (Å²) in [4.78, 5) is 0.386. The normalized spacial score (nSPS) is 20.0. The molecule has 1 fully saturated rings. The Morgan fingerprint density at radius 3 is 2.71 bits per heavy atom. The van der Waals surface area contributed by atoms with Crippen LogP contribution < -0.4 is 5.32 Å². The zero-order chi connectivity index (χ0) is 15.5. The van der Waals surface area contributed by atoms with Crippen LogP contribution in [-0.2, 0) is 10.0 Å². The number of thioether (sulfide) groups is 1. The molecule has 21 heavy (non-hydrogen) atoms. The third-order valence-electron chi connectivity index (χ3n) is 3.67. The van der Waals surface area contributed by atoms with E-state index in [4.69, 9.17) is 0 Å². The summed E-state index contributed by atoms with van der Waals surface area (Å²) >= 11 is 1.85. The maximum Gasteiger partial charge on any atom is 0.245 e. The van der Waals surface area contributed by atoms with E-state index in [1.54, 1.807) is 16.4 Å². The molecule has 0 spiro atoms. The number of hydrogen-bond donors (Lipinski definition) is 1. The molecule has 1 N–H and O–H groups in total. The molecule has 1 aromatic rings. The monoisotopic (exact) mass is 328 g/mol. The van der Waals surface area contributed by atoms with Crippen molar-refractivity contribution in [1.29, 1.82) is 0 Å². The van der Waals surface area contributed by atoms with Gasteiger partial charge in [0.05, 0.1) is 5.69 Å². The van der Waals surface area contributed by atoms with Gasteiger partial charge in [0, 0.05) is 30.1 Å². The lowest BCUT2D eigenvalue weighted by Gasteiger charge is -2.23. The summed E-state index contributed by atoms with van der Waals surface area (Å²) in [6.45, 7) is 8.20. The number of nitrogens with zero attached hydrogens (tertiary/aromatic N) is 1. The number of nitrogens with one attached hydrogen (secondary N) is 1. The van der Waals surface area contributed by atoms with Crippen LogP contribution in [0.5, 0.6) is 0 Å². The molecule has 0 atom stereocenters. The molecular weight excluding hydrogens is 304 g/mol. The first kappa shape index (κ1) is 16.6. The van der Waals surface area contributed by atoms with E-state index in [0.29, 0.717) is 30.2 Å². The fraction of sp³-hybridized carbons (Fsp3) is 0.600. The van der Waals surface area contributed by atoms with Crippen molar-refractivity contribution in [2.24, 2.45) is 0 Å². The fourth-order valence-electron chi connectivity index (χ4n) is 2.41. The topological polar surface area (TPSA) is 49.4 Å². The lowest BCUT2D eigenvalue weighted by atomic mass is 10.1. The minimum Gasteiger partial charge on any atom is -0.384 e. The third-order valence-corrected chi connectivity index (χ3v) is 7.00. The number of rotatable bonds is 4. The Hall–Kier alpha value is -0.720. The highest BCUT2D eigenvalue weighted by Gasteiger charge is 2.31. The largest absolute Gasteiger partial charge is 0.384 e. The highest BCUT2D eigenvalue weighted by molar-refractivity contribution is 8.00. The molecule has 0 amide bonds. The zero-order valence-corrected chi connectivity index (χ0v) is 14.6. The third kappa shape index (κ3) is 3.93. The average molecular weight is 329 g/mol. The van der Waals surface area contributed by atoms with E-state index < -0.39 is 10.0 Å². The molecule has 1 aliphatic rings. The van der Waals surface area contributed by atoms with Crippen LogP contribution in [-0.4, -0.2) is 42.9 Å². The van der Waals surface area contributed by atoms with Gasteiger partial charge in [0.15, 0.2) is 0 Å². The van der Waals surface area contributed by atoms with Crippen molar-refractivity contribution < 1.29 is 8.42 Å². The molecule has 0 bridgehead atoms. The lowest BCUT2D eigenvalue weighted by molar-refractivity contribution is 0.415. The maximum absolute atomic E-state index is 12.9. The molecule has 0 saturated carbocycles. The Labute approximate surface area is 132 Å². The molecule has 0 radical (unpaired) electrons. The van der Waals surface area contributed by atoms with Gasteiger partial charge in [-0.1, -0.05) is 26.0 Å². The predicted molar refractivity (Wildman–Crippen MR) is 90.5 cm³/mol. The van der Waals surface area contributed by atoms with E-state index in [-0.39, 0.29) is 4.75 Å². The summed E-state index contributed by atoms with van der Waals surface area (Å²) < 4.78 is 27.6. The van der Waals surface area contributed by atoms with Gasteiger partial charge in [-0.3, -0.25) is 0 Å². The molecule has 4 nitrogen and oxygen atoms in total. The first-order valence-electron chi connectivity index (χ1n) is 7.34. The van der Waals surface area contributed by atoms with E-state index in [1.165, 1.54) is 0 Å². The van der Waals surface area contributed by atoms with Gasteiger partial charge in [0.25, 0.3) is 0 Å². The molecule has 118 valence electrons. The Balaban J connectivity index is 2.30. The van der Waals surface area contributed by atoms with Crippen molar-refractivity contribution in [3.8, 4) is 0 Å². The molecule has 1 heterocycles. The lowest BCUT2D eigenvalue weighted by Crippen LogP contribution is -2.34. The van der Waals surface area contributed by atoms with Gasteiger partial charge in [-0.25, -0.2) is 8.42 Å². The van der Waals surface area contributed by atoms with Gasteiger partial charge in [-0.2, -0.15) is 16.1 Å². The number of hydrogen-bond acceptors (Lipinski definition) is 4. The minimum absolute atomic E-state index is 0.144. The molecule has 1 saturated heterocycles. The Morgan fingerprint density at radius 1 is 1.29 bits per heavy atom. The van der Waals surface area contributed by atoms with Gasteiger partial charge < -0.3 is 5.32 Å². The Morgan fingerprint density at radius 2 is 2.00 bits per heavy atom. The van der Waals surface area contributed by atoms with Crippen LogP contribution in [0, 0.1) is 0 Å². The van der Waals surface area contributed by atoms with Crippen molar-refractivity contribution in [2.75, 3.05) is 30.7 Å². The van der Waals surface area contributed by atoms with E-state index in [2.05, 4.69) is 19.2 Å². The molecule has 0 unspecified atom stereocenters. The Kier molecular flexibility index (Phi) is 5.22. The van der Waals surface area contributed by atoms with Gasteiger partial charge in [0.2, 0.25) is 10.0 Å². The molecule has 6 heteroatoms. The van der Waals surface area contributed by atoms with Crippen LogP contribution in [0.25, 0.3) is 0 Å². The zero-order valence-electron chi connectivity index (χ0n) is 12.9. The minimum atomic E-state index is -3.43. The highest BCUT2D eigenvalue weighted by atomic mass is 32.2. The Bertz CT molecular complexity index is 585. The van der Waals surface area contributed by atoms with Crippen molar-refractivity contribution in [3.63, 3.8) is 0 Å². The summed E-state index contributed by atoms with van der Waals surface area (Å²) in [5.74, 6) is 0.843. The molecular formula is C15H24N2O2S2. The first-order valence-corrected chi connectivity index (χ1v) is 9.76. The van der Waals surface area contributed by atoms with Crippen LogP contribution in [0.15, 0.2) is 29.2 Å². The number of para-hydroxylation sites is 1. The number of sulfonamides is 1. The number of benzene rings is 1. The molecule has 2 rings (SSSR count). The van der Waals surface area contributed by atoms with Gasteiger partial charge in [0.1, 0.15) is 4.90 Å². The van der Waals surface area contributed by atoms with Crippen molar-refractivity contribution >= 4 is 27.5 Å². The SMILES string of the molecule is CCNc1ccccc1S(=O)(=O)N1CCSC(C)(C)CC1.